The number of hydrogen-bond acceptors (Lipinski definition) is 4. The van der Waals surface area contributed by atoms with Gasteiger partial charge in [-0.3, -0.25) is 14.6 Å². The summed E-state index contributed by atoms with van der Waals surface area (Å²) in [6.07, 6.45) is 0.597. The molecular formula is C8H9O6P. The van der Waals surface area contributed by atoms with Crippen LogP contribution in [-0.2, 0) is 9.36 Å². The molecule has 6 nitrogen and oxygen atoms in total. The highest BCUT2D eigenvalue weighted by molar-refractivity contribution is 7.46. The first kappa shape index (κ1) is 11.7. The molecule has 7 heteroatoms. The summed E-state index contributed by atoms with van der Waals surface area (Å²) < 4.78 is 19.7. The number of aldehydes is 1. The number of benzene rings is 1. The van der Waals surface area contributed by atoms with Crippen molar-refractivity contribution in [3.05, 3.63) is 24.3 Å². The van der Waals surface area contributed by atoms with E-state index in [-0.39, 0.29) is 12.4 Å². The van der Waals surface area contributed by atoms with E-state index in [1.54, 1.807) is 0 Å². The Bertz CT molecular complexity index is 367. The second-order valence-electron chi connectivity index (χ2n) is 2.53. The molecule has 1 rings (SSSR count). The van der Waals surface area contributed by atoms with Crippen LogP contribution in [0.25, 0.3) is 0 Å². The lowest BCUT2D eigenvalue weighted by Gasteiger charge is -2.07. The molecule has 0 atom stereocenters. The van der Waals surface area contributed by atoms with E-state index in [0.29, 0.717) is 12.0 Å². The minimum atomic E-state index is -4.52. The van der Waals surface area contributed by atoms with Crippen molar-refractivity contribution in [3.8, 4) is 11.5 Å². The maximum atomic E-state index is 10.5. The van der Waals surface area contributed by atoms with E-state index in [9.17, 15) is 9.36 Å². The van der Waals surface area contributed by atoms with E-state index in [0.717, 1.165) is 0 Å². The molecule has 0 fully saturated rings. The zero-order valence-electron chi connectivity index (χ0n) is 7.57. The molecule has 15 heavy (non-hydrogen) atoms. The molecule has 0 unspecified atom stereocenters. The fourth-order valence-electron chi connectivity index (χ4n) is 0.864. The normalized spacial score (nSPS) is 10.8. The van der Waals surface area contributed by atoms with Crippen molar-refractivity contribution in [2.75, 3.05) is 6.61 Å². The lowest BCUT2D eigenvalue weighted by molar-refractivity contribution is -0.109. The third-order valence-electron chi connectivity index (χ3n) is 1.37. The highest BCUT2D eigenvalue weighted by atomic mass is 31.2. The molecule has 0 spiro atoms. The lowest BCUT2D eigenvalue weighted by atomic mass is 10.3. The number of hydrogen-bond donors (Lipinski definition) is 2. The molecule has 2 N–H and O–H groups in total. The van der Waals surface area contributed by atoms with Crippen LogP contribution < -0.4 is 9.26 Å². The van der Waals surface area contributed by atoms with Crippen molar-refractivity contribution in [1.29, 1.82) is 0 Å². The van der Waals surface area contributed by atoms with Crippen LogP contribution in [0, 0.1) is 0 Å². The molecule has 0 aromatic heterocycles. The Labute approximate surface area is 85.7 Å². The Morgan fingerprint density at radius 2 is 1.73 bits per heavy atom. The quantitative estimate of drug-likeness (QED) is 0.574. The van der Waals surface area contributed by atoms with Gasteiger partial charge in [-0.2, -0.15) is 0 Å². The maximum Gasteiger partial charge on any atom is 0.524 e. The van der Waals surface area contributed by atoms with Gasteiger partial charge < -0.3 is 9.26 Å². The maximum absolute atomic E-state index is 10.5. The van der Waals surface area contributed by atoms with Crippen LogP contribution in [0.5, 0.6) is 11.5 Å². The Balaban J connectivity index is 2.64. The van der Waals surface area contributed by atoms with Crippen LogP contribution in [0.2, 0.25) is 0 Å². The fraction of sp³-hybridized carbons (Fsp3) is 0.125. The number of rotatable bonds is 5. The molecule has 0 heterocycles. The summed E-state index contributed by atoms with van der Waals surface area (Å²) in [4.78, 5) is 27.0. The van der Waals surface area contributed by atoms with Crippen molar-refractivity contribution in [2.45, 2.75) is 0 Å². The van der Waals surface area contributed by atoms with Gasteiger partial charge in [-0.05, 0) is 24.3 Å². The van der Waals surface area contributed by atoms with Gasteiger partial charge in [-0.1, -0.05) is 0 Å². The summed E-state index contributed by atoms with van der Waals surface area (Å²) >= 11 is 0. The van der Waals surface area contributed by atoms with E-state index in [2.05, 4.69) is 4.52 Å². The Morgan fingerprint density at radius 1 is 1.20 bits per heavy atom. The molecule has 0 aliphatic heterocycles. The summed E-state index contributed by atoms with van der Waals surface area (Å²) in [7, 11) is -4.52. The van der Waals surface area contributed by atoms with Crippen molar-refractivity contribution in [1.82, 2.24) is 0 Å². The number of carbonyl (C=O) groups is 1. The molecule has 1 aromatic carbocycles. The van der Waals surface area contributed by atoms with Gasteiger partial charge in [-0.25, -0.2) is 4.57 Å². The van der Waals surface area contributed by atoms with Gasteiger partial charge in [0.15, 0.2) is 6.29 Å². The van der Waals surface area contributed by atoms with Gasteiger partial charge in [0.05, 0.1) is 0 Å². The van der Waals surface area contributed by atoms with Crippen LogP contribution >= 0.6 is 7.82 Å². The van der Waals surface area contributed by atoms with Crippen molar-refractivity contribution in [2.24, 2.45) is 0 Å². The molecule has 0 saturated carbocycles. The van der Waals surface area contributed by atoms with Gasteiger partial charge in [0.25, 0.3) is 0 Å². The third-order valence-corrected chi connectivity index (χ3v) is 1.81. The zero-order chi connectivity index (χ0) is 11.3. The van der Waals surface area contributed by atoms with Gasteiger partial charge in [-0.15, -0.1) is 0 Å². The zero-order valence-corrected chi connectivity index (χ0v) is 8.46. The first-order chi connectivity index (χ1) is 7.01. The van der Waals surface area contributed by atoms with E-state index in [1.807, 2.05) is 0 Å². The Kier molecular flexibility index (Phi) is 3.85. The smallest absolute Gasteiger partial charge is 0.486 e. The highest BCUT2D eigenvalue weighted by Crippen LogP contribution is 2.37. The fourth-order valence-corrected chi connectivity index (χ4v) is 1.26. The first-order valence-electron chi connectivity index (χ1n) is 3.93. The molecule has 0 amide bonds. The molecule has 1 aromatic rings. The summed E-state index contributed by atoms with van der Waals surface area (Å²) in [6, 6.07) is 5.54. The summed E-state index contributed by atoms with van der Waals surface area (Å²) in [5.74, 6) is 0.446. The lowest BCUT2D eigenvalue weighted by Crippen LogP contribution is -1.97. The average molecular weight is 232 g/mol. The van der Waals surface area contributed by atoms with Crippen LogP contribution in [0.15, 0.2) is 24.3 Å². The van der Waals surface area contributed by atoms with E-state index < -0.39 is 7.82 Å². The monoisotopic (exact) mass is 232 g/mol. The van der Waals surface area contributed by atoms with Crippen molar-refractivity contribution < 1.29 is 28.4 Å². The molecule has 0 bridgehead atoms. The standard InChI is InChI=1S/C8H9O6P/c9-5-6-13-7-1-3-8(4-2-7)14-15(10,11)12/h1-5H,6H2,(H2,10,11,12). The highest BCUT2D eigenvalue weighted by Gasteiger charge is 2.15. The van der Waals surface area contributed by atoms with Gasteiger partial charge in [0, 0.05) is 0 Å². The third kappa shape index (κ3) is 4.60. The van der Waals surface area contributed by atoms with Crippen LogP contribution in [0.3, 0.4) is 0 Å². The SMILES string of the molecule is O=CCOc1ccc(OP(=O)(O)O)cc1. The van der Waals surface area contributed by atoms with Crippen LogP contribution in [0.4, 0.5) is 0 Å². The Morgan fingerprint density at radius 3 is 2.20 bits per heavy atom. The molecule has 0 aliphatic carbocycles. The minimum Gasteiger partial charge on any atom is -0.486 e. The largest absolute Gasteiger partial charge is 0.524 e. The molecule has 0 aliphatic rings. The van der Waals surface area contributed by atoms with Crippen molar-refractivity contribution in [3.63, 3.8) is 0 Å². The number of phosphoric acid groups is 1. The predicted octanol–water partition coefficient (Wildman–Crippen LogP) is 0.736. The number of carbonyl (C=O) groups excluding carboxylic acids is 1. The first-order valence-corrected chi connectivity index (χ1v) is 5.46. The van der Waals surface area contributed by atoms with Gasteiger partial charge in [0.1, 0.15) is 18.1 Å². The van der Waals surface area contributed by atoms with E-state index in [1.165, 1.54) is 24.3 Å². The second-order valence-corrected chi connectivity index (χ2v) is 3.69. The molecule has 0 saturated heterocycles. The summed E-state index contributed by atoms with van der Waals surface area (Å²) in [5, 5.41) is 0. The number of ether oxygens (including phenoxy) is 1. The van der Waals surface area contributed by atoms with Gasteiger partial charge in [0.2, 0.25) is 0 Å². The topological polar surface area (TPSA) is 93.1 Å². The molecule has 82 valence electrons. The predicted molar refractivity (Wildman–Crippen MR) is 50.7 cm³/mol. The number of phosphoric ester groups is 1. The van der Waals surface area contributed by atoms with E-state index >= 15 is 0 Å². The van der Waals surface area contributed by atoms with Crippen LogP contribution in [-0.4, -0.2) is 22.7 Å². The molecule has 0 radical (unpaired) electrons. The molecular weight excluding hydrogens is 223 g/mol. The minimum absolute atomic E-state index is 0.0294. The van der Waals surface area contributed by atoms with E-state index in [4.69, 9.17) is 14.5 Å². The van der Waals surface area contributed by atoms with Gasteiger partial charge >= 0.3 is 7.82 Å². The summed E-state index contributed by atoms with van der Waals surface area (Å²) in [6.45, 7) is -0.0707. The van der Waals surface area contributed by atoms with Crippen molar-refractivity contribution >= 4 is 14.1 Å². The average Bonchev–Trinajstić information content (AvgIpc) is 2.14. The van der Waals surface area contributed by atoms with Crippen LogP contribution in [0.1, 0.15) is 0 Å². The summed E-state index contributed by atoms with van der Waals surface area (Å²) in [5.41, 5.74) is 0. The Hall–Kier alpha value is -1.36. The second kappa shape index (κ2) is 4.93.